The van der Waals surface area contributed by atoms with Crippen LogP contribution < -0.4 is 4.90 Å². The molecule has 0 N–H and O–H groups in total. The highest BCUT2D eigenvalue weighted by Crippen LogP contribution is 2.44. The fourth-order valence-electron chi connectivity index (χ4n) is 4.18. The Morgan fingerprint density at radius 1 is 0.939 bits per heavy atom. The lowest BCUT2D eigenvalue weighted by molar-refractivity contribution is -0.141. The topological polar surface area (TPSA) is 41.9 Å². The lowest BCUT2D eigenvalue weighted by atomic mass is 9.92. The molecule has 0 spiro atoms. The smallest absolute Gasteiger partial charge is 0.330 e. The highest BCUT2D eigenvalue weighted by Gasteiger charge is 2.33. The Balaban J connectivity index is 1.71. The third-order valence-electron chi connectivity index (χ3n) is 5.79. The molecule has 7 heteroatoms. The van der Waals surface area contributed by atoms with Crippen LogP contribution in [0.25, 0.3) is 28.4 Å². The summed E-state index contributed by atoms with van der Waals surface area (Å²) < 4.78 is 38.8. The maximum absolute atomic E-state index is 12.9. The molecule has 4 nitrogen and oxygen atoms in total. The summed E-state index contributed by atoms with van der Waals surface area (Å²) in [7, 11) is 0. The quantitative estimate of drug-likeness (QED) is 0.334. The molecule has 0 radical (unpaired) electrons. The van der Waals surface area contributed by atoms with Gasteiger partial charge in [-0.1, -0.05) is 24.3 Å². The third-order valence-corrected chi connectivity index (χ3v) is 5.79. The summed E-state index contributed by atoms with van der Waals surface area (Å²) in [6, 6.07) is 14.2. The number of hydrogen-bond donors (Lipinski definition) is 0. The van der Waals surface area contributed by atoms with Gasteiger partial charge >= 0.3 is 6.18 Å². The van der Waals surface area contributed by atoms with Gasteiger partial charge in [0.1, 0.15) is 11.2 Å². The Labute approximate surface area is 189 Å². The molecule has 1 aliphatic rings. The number of nitrogens with zero attached hydrogens (tertiary/aromatic N) is 4. The van der Waals surface area contributed by atoms with Crippen molar-refractivity contribution in [3.8, 4) is 11.3 Å². The van der Waals surface area contributed by atoms with Crippen LogP contribution in [0.5, 0.6) is 0 Å². The van der Waals surface area contributed by atoms with Crippen molar-refractivity contribution in [1.29, 1.82) is 0 Å². The van der Waals surface area contributed by atoms with E-state index in [1.807, 2.05) is 24.4 Å². The zero-order valence-corrected chi connectivity index (χ0v) is 18.4. The number of halogens is 3. The molecule has 0 amide bonds. The van der Waals surface area contributed by atoms with E-state index in [2.05, 4.69) is 59.9 Å². The Morgan fingerprint density at radius 3 is 2.45 bits per heavy atom. The average Bonchev–Trinajstić information content (AvgIpc) is 2.77. The first kappa shape index (κ1) is 21.1. The minimum atomic E-state index is -4.48. The van der Waals surface area contributed by atoms with Gasteiger partial charge in [-0.2, -0.15) is 13.2 Å². The van der Waals surface area contributed by atoms with Gasteiger partial charge in [0.05, 0.1) is 22.4 Å². The Hall–Kier alpha value is -3.74. The van der Waals surface area contributed by atoms with Crippen molar-refractivity contribution < 1.29 is 13.2 Å². The van der Waals surface area contributed by atoms with E-state index in [1.54, 1.807) is 6.07 Å². The predicted octanol–water partition coefficient (Wildman–Crippen LogP) is 6.96. The van der Waals surface area contributed by atoms with E-state index in [4.69, 9.17) is 4.98 Å². The molecule has 33 heavy (non-hydrogen) atoms. The van der Waals surface area contributed by atoms with Crippen LogP contribution in [-0.4, -0.2) is 20.5 Å². The second-order valence-corrected chi connectivity index (χ2v) is 8.72. The molecule has 0 atom stereocenters. The standard InChI is InChI=1S/C26H21F3N4/c1-16-5-4-6-19(13-16)33-24-18(11-12-25(33,2)3)15-30-21-9-8-20(32-23(21)24)17-7-10-22(31-14-17)26(27,28)29/h4-15H,1-3H3. The number of aromatic nitrogens is 3. The molecular formula is C26H21F3N4. The maximum Gasteiger partial charge on any atom is 0.433 e. The zero-order chi connectivity index (χ0) is 23.4. The first-order chi connectivity index (χ1) is 15.6. The lowest BCUT2D eigenvalue weighted by Crippen LogP contribution is -2.41. The first-order valence-electron chi connectivity index (χ1n) is 10.5. The molecule has 0 bridgehead atoms. The van der Waals surface area contributed by atoms with Crippen LogP contribution in [0, 0.1) is 6.92 Å². The van der Waals surface area contributed by atoms with Crippen LogP contribution in [0.4, 0.5) is 24.5 Å². The molecule has 0 fully saturated rings. The van der Waals surface area contributed by atoms with Gasteiger partial charge in [0, 0.05) is 29.2 Å². The van der Waals surface area contributed by atoms with Crippen molar-refractivity contribution in [1.82, 2.24) is 15.0 Å². The minimum Gasteiger partial charge on any atom is -0.330 e. The number of anilines is 2. The molecule has 0 aliphatic carbocycles. The van der Waals surface area contributed by atoms with E-state index >= 15 is 0 Å². The largest absolute Gasteiger partial charge is 0.433 e. The summed E-state index contributed by atoms with van der Waals surface area (Å²) in [5, 5.41) is 0. The molecule has 3 aromatic heterocycles. The summed E-state index contributed by atoms with van der Waals surface area (Å²) in [6.07, 6.45) is 2.73. The van der Waals surface area contributed by atoms with Gasteiger partial charge in [0.15, 0.2) is 0 Å². The molecule has 0 saturated carbocycles. The number of pyridine rings is 3. The van der Waals surface area contributed by atoms with Gasteiger partial charge in [0.25, 0.3) is 0 Å². The number of hydrogen-bond acceptors (Lipinski definition) is 4. The van der Waals surface area contributed by atoms with Gasteiger partial charge in [-0.3, -0.25) is 9.97 Å². The molecule has 166 valence electrons. The average molecular weight is 446 g/mol. The number of fused-ring (bicyclic) bond motifs is 3. The number of alkyl halides is 3. The fraction of sp³-hybridized carbons (Fsp3) is 0.192. The number of aryl methyl sites for hydroxylation is 1. The molecular weight excluding hydrogens is 425 g/mol. The van der Waals surface area contributed by atoms with Gasteiger partial charge < -0.3 is 4.90 Å². The van der Waals surface area contributed by atoms with Crippen LogP contribution in [-0.2, 0) is 6.18 Å². The minimum absolute atomic E-state index is 0.331. The highest BCUT2D eigenvalue weighted by molar-refractivity contribution is 5.98. The normalized spacial score (nSPS) is 15.0. The highest BCUT2D eigenvalue weighted by atomic mass is 19.4. The van der Waals surface area contributed by atoms with Crippen LogP contribution in [0.2, 0.25) is 0 Å². The van der Waals surface area contributed by atoms with Crippen molar-refractivity contribution in [2.45, 2.75) is 32.5 Å². The van der Waals surface area contributed by atoms with Crippen molar-refractivity contribution in [3.63, 3.8) is 0 Å². The van der Waals surface area contributed by atoms with Crippen LogP contribution in [0.15, 0.2) is 67.0 Å². The Bertz CT molecular complexity index is 1390. The van der Waals surface area contributed by atoms with E-state index in [0.29, 0.717) is 22.3 Å². The maximum atomic E-state index is 12.9. The second kappa shape index (κ2) is 7.40. The Kier molecular flexibility index (Phi) is 4.74. The van der Waals surface area contributed by atoms with Crippen molar-refractivity contribution in [2.75, 3.05) is 4.90 Å². The van der Waals surface area contributed by atoms with Gasteiger partial charge in [0.2, 0.25) is 0 Å². The molecule has 1 aromatic carbocycles. The number of rotatable bonds is 2. The molecule has 4 aromatic rings. The molecule has 4 heterocycles. The van der Waals surface area contributed by atoms with Crippen molar-refractivity contribution in [3.05, 3.63) is 83.8 Å². The summed E-state index contributed by atoms with van der Waals surface area (Å²) in [5.41, 5.74) is 5.20. The van der Waals surface area contributed by atoms with Crippen molar-refractivity contribution >= 4 is 28.5 Å². The molecule has 1 aliphatic heterocycles. The van der Waals surface area contributed by atoms with E-state index in [9.17, 15) is 13.2 Å². The monoisotopic (exact) mass is 446 g/mol. The van der Waals surface area contributed by atoms with Crippen LogP contribution in [0.3, 0.4) is 0 Å². The van der Waals surface area contributed by atoms with Gasteiger partial charge in [-0.15, -0.1) is 0 Å². The summed E-state index contributed by atoms with van der Waals surface area (Å²) in [6.45, 7) is 6.31. The number of benzene rings is 1. The van der Waals surface area contributed by atoms with Gasteiger partial charge in [-0.05, 0) is 62.7 Å². The fourth-order valence-corrected chi connectivity index (χ4v) is 4.18. The SMILES string of the molecule is Cc1cccc(N2c3c(cnc4ccc(-c5ccc(C(F)(F)F)nc5)nc34)C=CC2(C)C)c1. The second-order valence-electron chi connectivity index (χ2n) is 8.72. The van der Waals surface area contributed by atoms with E-state index in [1.165, 1.54) is 12.3 Å². The van der Waals surface area contributed by atoms with E-state index in [0.717, 1.165) is 28.6 Å². The lowest BCUT2D eigenvalue weighted by Gasteiger charge is -2.42. The molecule has 0 saturated heterocycles. The third kappa shape index (κ3) is 3.73. The zero-order valence-electron chi connectivity index (χ0n) is 18.4. The predicted molar refractivity (Wildman–Crippen MR) is 124 cm³/mol. The molecule has 0 unspecified atom stereocenters. The van der Waals surface area contributed by atoms with E-state index < -0.39 is 11.9 Å². The van der Waals surface area contributed by atoms with Crippen LogP contribution >= 0.6 is 0 Å². The van der Waals surface area contributed by atoms with Gasteiger partial charge in [-0.25, -0.2) is 4.98 Å². The van der Waals surface area contributed by atoms with Crippen LogP contribution in [0.1, 0.15) is 30.7 Å². The van der Waals surface area contributed by atoms with E-state index in [-0.39, 0.29) is 5.54 Å². The molecule has 5 rings (SSSR count). The Morgan fingerprint density at radius 2 is 1.76 bits per heavy atom. The summed E-state index contributed by atoms with van der Waals surface area (Å²) >= 11 is 0. The summed E-state index contributed by atoms with van der Waals surface area (Å²) in [5.74, 6) is 0. The first-order valence-corrected chi connectivity index (χ1v) is 10.5. The summed E-state index contributed by atoms with van der Waals surface area (Å²) in [4.78, 5) is 15.2. The van der Waals surface area contributed by atoms with Crippen molar-refractivity contribution in [2.24, 2.45) is 0 Å².